The van der Waals surface area contributed by atoms with Gasteiger partial charge < -0.3 is 5.32 Å². The van der Waals surface area contributed by atoms with E-state index in [2.05, 4.69) is 17.0 Å². The highest BCUT2D eigenvalue weighted by Gasteiger charge is 2.21. The van der Waals surface area contributed by atoms with E-state index in [9.17, 15) is 8.42 Å². The molecule has 0 aliphatic carbocycles. The quantitative estimate of drug-likeness (QED) is 0.909. The Labute approximate surface area is 131 Å². The average molecular weight is 316 g/mol. The number of benzene rings is 2. The third kappa shape index (κ3) is 2.81. The summed E-state index contributed by atoms with van der Waals surface area (Å²) >= 11 is 0. The summed E-state index contributed by atoms with van der Waals surface area (Å²) in [5, 5.41) is 3.33. The zero-order valence-electron chi connectivity index (χ0n) is 12.8. The Morgan fingerprint density at radius 3 is 2.77 bits per heavy atom. The van der Waals surface area contributed by atoms with E-state index in [4.69, 9.17) is 0 Å². The molecule has 1 heterocycles. The van der Waals surface area contributed by atoms with Crippen LogP contribution in [0.15, 0.2) is 47.4 Å². The molecular weight excluding hydrogens is 296 g/mol. The lowest BCUT2D eigenvalue weighted by molar-refractivity contribution is 0.601. The van der Waals surface area contributed by atoms with Crippen LogP contribution >= 0.6 is 0 Å². The zero-order valence-corrected chi connectivity index (χ0v) is 13.6. The lowest BCUT2D eigenvalue weighted by Gasteiger charge is -2.12. The molecule has 0 amide bonds. The van der Waals surface area contributed by atoms with E-state index < -0.39 is 10.0 Å². The van der Waals surface area contributed by atoms with E-state index in [0.29, 0.717) is 16.6 Å². The molecule has 1 aliphatic rings. The van der Waals surface area contributed by atoms with Crippen molar-refractivity contribution in [1.29, 1.82) is 0 Å². The van der Waals surface area contributed by atoms with Gasteiger partial charge in [0.25, 0.3) is 10.0 Å². The van der Waals surface area contributed by atoms with Gasteiger partial charge in [0.1, 0.15) is 0 Å². The number of aryl methyl sites for hydroxylation is 1. The van der Waals surface area contributed by atoms with Gasteiger partial charge in [-0.3, -0.25) is 4.72 Å². The number of hydrogen-bond donors (Lipinski definition) is 2. The lowest BCUT2D eigenvalue weighted by Crippen LogP contribution is -2.14. The first-order valence-electron chi connectivity index (χ1n) is 7.50. The van der Waals surface area contributed by atoms with Crippen molar-refractivity contribution in [1.82, 2.24) is 0 Å². The fraction of sp³-hybridized carbons (Fsp3) is 0.294. The second kappa shape index (κ2) is 5.65. The minimum absolute atomic E-state index is 0.313. The van der Waals surface area contributed by atoms with Gasteiger partial charge >= 0.3 is 0 Å². The Kier molecular flexibility index (Phi) is 3.83. The van der Waals surface area contributed by atoms with Crippen LogP contribution < -0.4 is 10.0 Å². The monoisotopic (exact) mass is 316 g/mol. The van der Waals surface area contributed by atoms with Gasteiger partial charge in [-0.1, -0.05) is 25.1 Å². The van der Waals surface area contributed by atoms with Crippen LogP contribution in [0.1, 0.15) is 25.0 Å². The molecule has 116 valence electrons. The van der Waals surface area contributed by atoms with E-state index >= 15 is 0 Å². The number of para-hydroxylation sites is 1. The molecule has 0 unspecified atom stereocenters. The molecule has 4 nitrogen and oxygen atoms in total. The first-order chi connectivity index (χ1) is 10.5. The Bertz CT molecular complexity index is 800. The topological polar surface area (TPSA) is 58.2 Å². The highest BCUT2D eigenvalue weighted by atomic mass is 32.2. The molecule has 3 rings (SSSR count). The number of nitrogens with one attached hydrogen (secondary N) is 2. The van der Waals surface area contributed by atoms with E-state index in [1.54, 1.807) is 18.2 Å². The summed E-state index contributed by atoms with van der Waals surface area (Å²) in [6.45, 7) is 4.10. The molecule has 22 heavy (non-hydrogen) atoms. The van der Waals surface area contributed by atoms with Crippen molar-refractivity contribution in [2.45, 2.75) is 37.6 Å². The molecule has 0 fully saturated rings. The predicted molar refractivity (Wildman–Crippen MR) is 89.9 cm³/mol. The predicted octanol–water partition coefficient (Wildman–Crippen LogP) is 3.41. The summed E-state index contributed by atoms with van der Waals surface area (Å²) in [6, 6.07) is 13.1. The molecule has 0 aromatic heterocycles. The fourth-order valence-corrected chi connectivity index (χ4v) is 3.98. The van der Waals surface area contributed by atoms with Crippen LogP contribution in [-0.4, -0.2) is 14.5 Å². The van der Waals surface area contributed by atoms with Gasteiger partial charge in [0.15, 0.2) is 0 Å². The maximum Gasteiger partial charge on any atom is 0.261 e. The largest absolute Gasteiger partial charge is 0.382 e. The second-order valence-electron chi connectivity index (χ2n) is 5.68. The molecular formula is C17H20N2O2S. The molecule has 0 spiro atoms. The van der Waals surface area contributed by atoms with E-state index in [1.807, 2.05) is 31.2 Å². The average Bonchev–Trinajstić information content (AvgIpc) is 2.86. The normalized spacial score (nSPS) is 16.9. The summed E-state index contributed by atoms with van der Waals surface area (Å²) in [5.41, 5.74) is 3.72. The van der Waals surface area contributed by atoms with Crippen molar-refractivity contribution < 1.29 is 8.42 Å². The fourth-order valence-electron chi connectivity index (χ4n) is 2.83. The van der Waals surface area contributed by atoms with Crippen LogP contribution in [0.25, 0.3) is 0 Å². The lowest BCUT2D eigenvalue weighted by atomic mass is 10.1. The smallest absolute Gasteiger partial charge is 0.261 e. The molecule has 0 bridgehead atoms. The summed E-state index contributed by atoms with van der Waals surface area (Å²) in [5.74, 6) is 0. The van der Waals surface area contributed by atoms with Gasteiger partial charge in [0, 0.05) is 11.7 Å². The van der Waals surface area contributed by atoms with E-state index in [-0.39, 0.29) is 0 Å². The molecule has 0 saturated heterocycles. The highest BCUT2D eigenvalue weighted by Crippen LogP contribution is 2.29. The first kappa shape index (κ1) is 14.9. The van der Waals surface area contributed by atoms with Crippen molar-refractivity contribution >= 4 is 21.4 Å². The maximum atomic E-state index is 12.6. The number of rotatable bonds is 4. The SMILES string of the molecule is CCc1ccccc1NS(=O)(=O)c1ccc2c(c1)C[C@H](C)N2. The highest BCUT2D eigenvalue weighted by molar-refractivity contribution is 7.92. The van der Waals surface area contributed by atoms with Crippen LogP contribution in [0.5, 0.6) is 0 Å². The van der Waals surface area contributed by atoms with Crippen LogP contribution in [0.4, 0.5) is 11.4 Å². The van der Waals surface area contributed by atoms with E-state index in [0.717, 1.165) is 29.7 Å². The zero-order chi connectivity index (χ0) is 15.7. The minimum Gasteiger partial charge on any atom is -0.382 e. The van der Waals surface area contributed by atoms with E-state index in [1.165, 1.54) is 0 Å². The molecule has 1 aliphatic heterocycles. The minimum atomic E-state index is -3.56. The van der Waals surface area contributed by atoms with Gasteiger partial charge in [-0.05, 0) is 55.2 Å². The Morgan fingerprint density at radius 2 is 2.00 bits per heavy atom. The summed E-state index contributed by atoms with van der Waals surface area (Å²) in [4.78, 5) is 0.313. The molecule has 0 saturated carbocycles. The maximum absolute atomic E-state index is 12.6. The van der Waals surface area contributed by atoms with Crippen LogP contribution in [0, 0.1) is 0 Å². The van der Waals surface area contributed by atoms with Crippen molar-refractivity contribution in [3.8, 4) is 0 Å². The second-order valence-corrected chi connectivity index (χ2v) is 7.37. The molecule has 2 aromatic rings. The van der Waals surface area contributed by atoms with Crippen molar-refractivity contribution in [2.75, 3.05) is 10.0 Å². The molecule has 0 radical (unpaired) electrons. The molecule has 5 heteroatoms. The van der Waals surface area contributed by atoms with Gasteiger partial charge in [-0.25, -0.2) is 8.42 Å². The summed E-state index contributed by atoms with van der Waals surface area (Å²) in [7, 11) is -3.56. The molecule has 2 N–H and O–H groups in total. The standard InChI is InChI=1S/C17H20N2O2S/c1-3-13-6-4-5-7-17(13)19-22(20,21)15-8-9-16-14(11-15)10-12(2)18-16/h4-9,11-12,18-19H,3,10H2,1-2H3/t12-/m0/s1. The molecule has 1 atom stereocenters. The number of sulfonamides is 1. The summed E-state index contributed by atoms with van der Waals surface area (Å²) in [6.07, 6.45) is 1.63. The third-order valence-corrected chi connectivity index (χ3v) is 5.32. The number of fused-ring (bicyclic) bond motifs is 1. The van der Waals surface area contributed by atoms with Crippen LogP contribution in [0.2, 0.25) is 0 Å². The van der Waals surface area contributed by atoms with Crippen molar-refractivity contribution in [2.24, 2.45) is 0 Å². The molecule has 2 aromatic carbocycles. The van der Waals surface area contributed by atoms with Gasteiger partial charge in [0.2, 0.25) is 0 Å². The third-order valence-electron chi connectivity index (χ3n) is 3.96. The Hall–Kier alpha value is -2.01. The van der Waals surface area contributed by atoms with Gasteiger partial charge in [-0.15, -0.1) is 0 Å². The first-order valence-corrected chi connectivity index (χ1v) is 8.98. The van der Waals surface area contributed by atoms with Crippen molar-refractivity contribution in [3.05, 3.63) is 53.6 Å². The number of hydrogen-bond acceptors (Lipinski definition) is 3. The van der Waals surface area contributed by atoms with Gasteiger partial charge in [0.05, 0.1) is 10.6 Å². The van der Waals surface area contributed by atoms with Crippen molar-refractivity contribution in [3.63, 3.8) is 0 Å². The Balaban J connectivity index is 1.92. The van der Waals surface area contributed by atoms with Gasteiger partial charge in [-0.2, -0.15) is 0 Å². The Morgan fingerprint density at radius 1 is 1.23 bits per heavy atom. The van der Waals surface area contributed by atoms with Crippen LogP contribution in [0.3, 0.4) is 0 Å². The number of anilines is 2. The van der Waals surface area contributed by atoms with Crippen LogP contribution in [-0.2, 0) is 22.9 Å². The summed E-state index contributed by atoms with van der Waals surface area (Å²) < 4.78 is 27.9.